The number of nitrogens with zero attached hydrogens (tertiary/aromatic N) is 1. The van der Waals surface area contributed by atoms with E-state index in [2.05, 4.69) is 15.6 Å². The predicted molar refractivity (Wildman–Crippen MR) is 85.0 cm³/mol. The topological polar surface area (TPSA) is 97.1 Å². The van der Waals surface area contributed by atoms with Gasteiger partial charge < -0.3 is 16.4 Å². The van der Waals surface area contributed by atoms with Crippen LogP contribution in [-0.2, 0) is 0 Å². The molecule has 0 saturated heterocycles. The number of aromatic nitrogens is 1. The summed E-state index contributed by atoms with van der Waals surface area (Å²) in [5.74, 6) is -0.812. The van der Waals surface area contributed by atoms with E-state index in [1.165, 1.54) is 6.20 Å². The Labute approximate surface area is 132 Å². The van der Waals surface area contributed by atoms with Gasteiger partial charge in [-0.1, -0.05) is 23.7 Å². The predicted octanol–water partition coefficient (Wildman–Crippen LogP) is 1.68. The highest BCUT2D eigenvalue weighted by atomic mass is 35.5. The van der Waals surface area contributed by atoms with Gasteiger partial charge in [-0.15, -0.1) is 0 Å². The number of nitrogens with two attached hydrogens (primary N) is 1. The summed E-state index contributed by atoms with van der Waals surface area (Å²) in [6, 6.07) is 8.46. The van der Waals surface area contributed by atoms with Gasteiger partial charge >= 0.3 is 0 Å². The number of primary amides is 1. The highest BCUT2D eigenvalue weighted by molar-refractivity contribution is 6.33. The second kappa shape index (κ2) is 7.42. The number of rotatable bonds is 6. The van der Waals surface area contributed by atoms with E-state index in [0.717, 1.165) is 0 Å². The van der Waals surface area contributed by atoms with E-state index in [1.807, 2.05) is 0 Å². The zero-order valence-electron chi connectivity index (χ0n) is 11.7. The molecule has 1 aromatic carbocycles. The molecular weight excluding hydrogens is 304 g/mol. The van der Waals surface area contributed by atoms with Crippen molar-refractivity contribution in [2.45, 2.75) is 0 Å². The van der Waals surface area contributed by atoms with Crippen LogP contribution in [0.3, 0.4) is 0 Å². The summed E-state index contributed by atoms with van der Waals surface area (Å²) in [7, 11) is 0. The molecule has 0 fully saturated rings. The molecule has 1 aromatic heterocycles. The van der Waals surface area contributed by atoms with Crippen molar-refractivity contribution in [2.75, 3.05) is 18.4 Å². The van der Waals surface area contributed by atoms with Crippen molar-refractivity contribution in [3.05, 3.63) is 58.9 Å². The second-order valence-corrected chi connectivity index (χ2v) is 4.86. The van der Waals surface area contributed by atoms with Gasteiger partial charge in [0.25, 0.3) is 11.8 Å². The number of halogens is 1. The summed E-state index contributed by atoms with van der Waals surface area (Å²) >= 11 is 5.95. The highest BCUT2D eigenvalue weighted by Gasteiger charge is 2.09. The van der Waals surface area contributed by atoms with Gasteiger partial charge in [-0.05, 0) is 18.2 Å². The fourth-order valence-corrected chi connectivity index (χ4v) is 2.08. The SMILES string of the molecule is NC(=O)c1cnccc1NCCNC(=O)c1ccccc1Cl. The lowest BCUT2D eigenvalue weighted by Crippen LogP contribution is -2.29. The van der Waals surface area contributed by atoms with Crippen LogP contribution in [-0.4, -0.2) is 29.9 Å². The zero-order valence-corrected chi connectivity index (χ0v) is 12.4. The maximum atomic E-state index is 11.9. The number of amides is 2. The van der Waals surface area contributed by atoms with Gasteiger partial charge in [0.05, 0.1) is 21.8 Å². The minimum Gasteiger partial charge on any atom is -0.383 e. The average Bonchev–Trinajstić information content (AvgIpc) is 2.52. The summed E-state index contributed by atoms with van der Waals surface area (Å²) in [4.78, 5) is 27.0. The molecular formula is C15H15ClN4O2. The van der Waals surface area contributed by atoms with Crippen molar-refractivity contribution in [1.82, 2.24) is 10.3 Å². The number of nitrogens with one attached hydrogen (secondary N) is 2. The number of carbonyl (C=O) groups excluding carboxylic acids is 2. The molecule has 0 unspecified atom stereocenters. The molecule has 0 aliphatic carbocycles. The van der Waals surface area contributed by atoms with Gasteiger partial charge in [0.2, 0.25) is 0 Å². The van der Waals surface area contributed by atoms with Gasteiger partial charge in [-0.3, -0.25) is 14.6 Å². The lowest BCUT2D eigenvalue weighted by atomic mass is 10.2. The van der Waals surface area contributed by atoms with Gasteiger partial charge in [0.1, 0.15) is 0 Å². The molecule has 2 rings (SSSR count). The second-order valence-electron chi connectivity index (χ2n) is 4.45. The van der Waals surface area contributed by atoms with Crippen LogP contribution in [0.1, 0.15) is 20.7 Å². The maximum Gasteiger partial charge on any atom is 0.252 e. The average molecular weight is 319 g/mol. The van der Waals surface area contributed by atoms with E-state index in [4.69, 9.17) is 17.3 Å². The Kier molecular flexibility index (Phi) is 5.32. The van der Waals surface area contributed by atoms with Crippen LogP contribution in [0.2, 0.25) is 5.02 Å². The largest absolute Gasteiger partial charge is 0.383 e. The van der Waals surface area contributed by atoms with E-state index in [9.17, 15) is 9.59 Å². The Bertz CT molecular complexity index is 691. The van der Waals surface area contributed by atoms with Crippen molar-refractivity contribution in [1.29, 1.82) is 0 Å². The first-order valence-corrected chi connectivity index (χ1v) is 6.98. The van der Waals surface area contributed by atoms with Gasteiger partial charge in [0.15, 0.2) is 0 Å². The molecule has 4 N–H and O–H groups in total. The molecule has 6 nitrogen and oxygen atoms in total. The van der Waals surface area contributed by atoms with Crippen LogP contribution < -0.4 is 16.4 Å². The molecule has 0 bridgehead atoms. The molecule has 0 saturated carbocycles. The number of pyridine rings is 1. The van der Waals surface area contributed by atoms with Crippen molar-refractivity contribution >= 4 is 29.1 Å². The Morgan fingerprint density at radius 3 is 2.64 bits per heavy atom. The van der Waals surface area contributed by atoms with E-state index in [-0.39, 0.29) is 5.91 Å². The van der Waals surface area contributed by atoms with Gasteiger partial charge in [-0.25, -0.2) is 0 Å². The first kappa shape index (κ1) is 15.8. The fraction of sp³-hybridized carbons (Fsp3) is 0.133. The zero-order chi connectivity index (χ0) is 15.9. The molecule has 22 heavy (non-hydrogen) atoms. The molecule has 2 amide bonds. The molecule has 0 spiro atoms. The number of carbonyl (C=O) groups is 2. The minimum atomic E-state index is -0.560. The third-order valence-corrected chi connectivity index (χ3v) is 3.26. The van der Waals surface area contributed by atoms with Crippen LogP contribution in [0.15, 0.2) is 42.7 Å². The van der Waals surface area contributed by atoms with Gasteiger partial charge in [0, 0.05) is 25.5 Å². The minimum absolute atomic E-state index is 0.253. The third-order valence-electron chi connectivity index (χ3n) is 2.93. The summed E-state index contributed by atoms with van der Waals surface area (Å²) in [6.07, 6.45) is 2.95. The molecule has 7 heteroatoms. The van der Waals surface area contributed by atoms with Gasteiger partial charge in [-0.2, -0.15) is 0 Å². The number of hydrogen-bond donors (Lipinski definition) is 3. The summed E-state index contributed by atoms with van der Waals surface area (Å²) in [5, 5.41) is 6.17. The summed E-state index contributed by atoms with van der Waals surface area (Å²) in [5.41, 5.74) is 6.56. The number of hydrogen-bond acceptors (Lipinski definition) is 4. The van der Waals surface area contributed by atoms with Crippen molar-refractivity contribution in [3.63, 3.8) is 0 Å². The molecule has 0 radical (unpaired) electrons. The molecule has 0 atom stereocenters. The van der Waals surface area contributed by atoms with E-state index < -0.39 is 5.91 Å². The first-order chi connectivity index (χ1) is 10.6. The monoisotopic (exact) mass is 318 g/mol. The lowest BCUT2D eigenvalue weighted by molar-refractivity contribution is 0.0953. The van der Waals surface area contributed by atoms with Crippen LogP contribution >= 0.6 is 11.6 Å². The Morgan fingerprint density at radius 2 is 1.91 bits per heavy atom. The summed E-state index contributed by atoms with van der Waals surface area (Å²) in [6.45, 7) is 0.797. The fourth-order valence-electron chi connectivity index (χ4n) is 1.86. The number of benzene rings is 1. The van der Waals surface area contributed by atoms with E-state index in [1.54, 1.807) is 36.5 Å². The smallest absolute Gasteiger partial charge is 0.252 e. The van der Waals surface area contributed by atoms with Crippen molar-refractivity contribution in [3.8, 4) is 0 Å². The quantitative estimate of drug-likeness (QED) is 0.706. The highest BCUT2D eigenvalue weighted by Crippen LogP contribution is 2.14. The Balaban J connectivity index is 1.87. The normalized spacial score (nSPS) is 10.0. The Morgan fingerprint density at radius 1 is 1.14 bits per heavy atom. The molecule has 114 valence electrons. The van der Waals surface area contributed by atoms with Crippen LogP contribution in [0.4, 0.5) is 5.69 Å². The van der Waals surface area contributed by atoms with E-state index in [0.29, 0.717) is 34.9 Å². The van der Waals surface area contributed by atoms with Crippen LogP contribution in [0, 0.1) is 0 Å². The molecule has 0 aliphatic rings. The van der Waals surface area contributed by atoms with Crippen molar-refractivity contribution in [2.24, 2.45) is 5.73 Å². The molecule has 1 heterocycles. The third kappa shape index (κ3) is 3.95. The lowest BCUT2D eigenvalue weighted by Gasteiger charge is -2.10. The van der Waals surface area contributed by atoms with E-state index >= 15 is 0 Å². The Hall–Kier alpha value is -2.60. The first-order valence-electron chi connectivity index (χ1n) is 6.60. The molecule has 2 aromatic rings. The summed E-state index contributed by atoms with van der Waals surface area (Å²) < 4.78 is 0. The standard InChI is InChI=1S/C15H15ClN4O2/c16-12-4-2-1-3-10(12)15(22)20-8-7-19-13-5-6-18-9-11(13)14(17)21/h1-6,9H,7-8H2,(H2,17,21)(H,18,19)(H,20,22). The maximum absolute atomic E-state index is 11.9. The number of anilines is 1. The van der Waals surface area contributed by atoms with Crippen LogP contribution in [0.5, 0.6) is 0 Å². The molecule has 0 aliphatic heterocycles. The van der Waals surface area contributed by atoms with Crippen molar-refractivity contribution < 1.29 is 9.59 Å². The van der Waals surface area contributed by atoms with Crippen LogP contribution in [0.25, 0.3) is 0 Å².